The van der Waals surface area contributed by atoms with Crippen molar-refractivity contribution >= 4 is 0 Å². The predicted octanol–water partition coefficient (Wildman–Crippen LogP) is 3.37. The van der Waals surface area contributed by atoms with E-state index in [0.717, 1.165) is 6.42 Å². The maximum Gasteiger partial charge on any atom is 0.0854 e. The number of hydrogen-bond acceptors (Lipinski definition) is 0. The van der Waals surface area contributed by atoms with Gasteiger partial charge >= 0.3 is 0 Å². The second-order valence-electron chi connectivity index (χ2n) is 3.01. The highest BCUT2D eigenvalue weighted by molar-refractivity contribution is 4.61. The van der Waals surface area contributed by atoms with Crippen LogP contribution in [0.5, 0.6) is 0 Å². The Kier molecular flexibility index (Phi) is 9.92. The highest BCUT2D eigenvalue weighted by Crippen LogP contribution is 2.07. The second-order valence-corrected chi connectivity index (χ2v) is 3.01. The molecule has 0 saturated heterocycles. The first-order valence-corrected chi connectivity index (χ1v) is 4.81. The predicted molar refractivity (Wildman–Crippen MR) is 47.8 cm³/mol. The maximum atomic E-state index is 10.0. The Bertz CT molecular complexity index is 53.9. The van der Waals surface area contributed by atoms with E-state index in [1.54, 1.807) is 0 Å². The third-order valence-corrected chi connectivity index (χ3v) is 1.88. The van der Waals surface area contributed by atoms with Gasteiger partial charge in [0.1, 0.15) is 0 Å². The Morgan fingerprint density at radius 3 is 2.27 bits per heavy atom. The zero-order chi connectivity index (χ0) is 8.36. The van der Waals surface area contributed by atoms with E-state index in [-0.39, 0.29) is 6.61 Å². The molecule has 0 aromatic rings. The molecule has 0 amide bonds. The van der Waals surface area contributed by atoms with Gasteiger partial charge in [-0.15, -0.1) is 0 Å². The van der Waals surface area contributed by atoms with E-state index in [1.165, 1.54) is 38.5 Å². The minimum atomic E-state index is -0.00500. The summed E-state index contributed by atoms with van der Waals surface area (Å²) in [6.45, 7) is 2.22. The first-order chi connectivity index (χ1) is 5.41. The standard InChI is InChI=1S/C10H20O/c1-2-3-4-5-6-7-8-9-10-11/h9H,2-8,10H2,1H3. The molecule has 0 aromatic heterocycles. The van der Waals surface area contributed by atoms with Crippen LogP contribution in [0.4, 0.5) is 0 Å². The molecule has 0 N–H and O–H groups in total. The van der Waals surface area contributed by atoms with Crippen LogP contribution in [-0.4, -0.2) is 6.61 Å². The van der Waals surface area contributed by atoms with E-state index >= 15 is 0 Å². The van der Waals surface area contributed by atoms with E-state index in [9.17, 15) is 5.11 Å². The van der Waals surface area contributed by atoms with E-state index in [0.29, 0.717) is 0 Å². The van der Waals surface area contributed by atoms with Gasteiger partial charge in [-0.3, -0.25) is 0 Å². The van der Waals surface area contributed by atoms with Crippen LogP contribution in [0.2, 0.25) is 0 Å². The van der Waals surface area contributed by atoms with Crippen LogP contribution < -0.4 is 0 Å². The minimum absolute atomic E-state index is 0.00500. The molecular weight excluding hydrogens is 136 g/mol. The van der Waals surface area contributed by atoms with Crippen LogP contribution in [0.3, 0.4) is 0 Å². The lowest BCUT2D eigenvalue weighted by Crippen LogP contribution is -1.83. The summed E-state index contributed by atoms with van der Waals surface area (Å²) in [6.07, 6.45) is 10.8. The van der Waals surface area contributed by atoms with E-state index in [4.69, 9.17) is 0 Å². The molecule has 11 heavy (non-hydrogen) atoms. The van der Waals surface area contributed by atoms with Crippen molar-refractivity contribution in [2.45, 2.75) is 51.9 Å². The van der Waals surface area contributed by atoms with Crippen molar-refractivity contribution in [1.82, 2.24) is 0 Å². The maximum absolute atomic E-state index is 10.0. The highest BCUT2D eigenvalue weighted by atomic mass is 16.2. The summed E-state index contributed by atoms with van der Waals surface area (Å²) in [4.78, 5) is 0. The van der Waals surface area contributed by atoms with Crippen LogP contribution in [0.25, 0.3) is 0 Å². The van der Waals surface area contributed by atoms with Crippen molar-refractivity contribution in [3.05, 3.63) is 6.42 Å². The molecule has 0 bridgehead atoms. The lowest BCUT2D eigenvalue weighted by atomic mass is 10.1. The molecule has 0 unspecified atom stereocenters. The summed E-state index contributed by atoms with van der Waals surface area (Å²) >= 11 is 0. The van der Waals surface area contributed by atoms with E-state index < -0.39 is 0 Å². The van der Waals surface area contributed by atoms with Crippen LogP contribution >= 0.6 is 0 Å². The monoisotopic (exact) mass is 156 g/mol. The van der Waals surface area contributed by atoms with Crippen LogP contribution in [0.15, 0.2) is 0 Å². The van der Waals surface area contributed by atoms with Gasteiger partial charge in [0.15, 0.2) is 0 Å². The average molecular weight is 156 g/mol. The molecule has 0 spiro atoms. The summed E-state index contributed by atoms with van der Waals surface area (Å²) in [5, 5.41) is 10.0. The second kappa shape index (κ2) is 9.96. The Morgan fingerprint density at radius 1 is 1.00 bits per heavy atom. The summed E-state index contributed by atoms with van der Waals surface area (Å²) in [7, 11) is 0. The molecule has 0 aromatic carbocycles. The fourth-order valence-corrected chi connectivity index (χ4v) is 1.15. The molecule has 66 valence electrons. The van der Waals surface area contributed by atoms with Crippen LogP contribution in [0.1, 0.15) is 51.9 Å². The lowest BCUT2D eigenvalue weighted by molar-refractivity contribution is 0.217. The average Bonchev–Trinajstić information content (AvgIpc) is 2.03. The first kappa shape index (κ1) is 11.0. The Hall–Kier alpha value is -0.0400. The Morgan fingerprint density at radius 2 is 1.64 bits per heavy atom. The summed E-state index contributed by atoms with van der Waals surface area (Å²) in [6, 6.07) is 0. The molecule has 1 nitrogen and oxygen atoms in total. The Labute approximate surface area is 70.8 Å². The van der Waals surface area contributed by atoms with Crippen LogP contribution in [0, 0.1) is 6.42 Å². The molecule has 0 aliphatic heterocycles. The smallest absolute Gasteiger partial charge is 0.0854 e. The SMILES string of the molecule is CCCCCCCC[CH]C[O]. The summed E-state index contributed by atoms with van der Waals surface area (Å²) < 4.78 is 0. The molecule has 0 aliphatic carbocycles. The largest absolute Gasteiger partial charge is 0.236 e. The van der Waals surface area contributed by atoms with E-state index in [1.807, 2.05) is 6.42 Å². The van der Waals surface area contributed by atoms with Gasteiger partial charge in [-0.05, 0) is 12.8 Å². The number of unbranched alkanes of at least 4 members (excludes halogenated alkanes) is 7. The molecule has 1 heteroatoms. The molecule has 0 saturated carbocycles. The third-order valence-electron chi connectivity index (χ3n) is 1.88. The zero-order valence-corrected chi connectivity index (χ0v) is 7.64. The number of rotatable bonds is 8. The van der Waals surface area contributed by atoms with Crippen molar-refractivity contribution < 1.29 is 5.11 Å². The number of hydrogen-bond donors (Lipinski definition) is 0. The molecule has 0 heterocycles. The van der Waals surface area contributed by atoms with E-state index in [2.05, 4.69) is 6.92 Å². The van der Waals surface area contributed by atoms with Crippen molar-refractivity contribution in [3.8, 4) is 0 Å². The fourth-order valence-electron chi connectivity index (χ4n) is 1.15. The van der Waals surface area contributed by atoms with Crippen molar-refractivity contribution in [3.63, 3.8) is 0 Å². The Balaban J connectivity index is 2.69. The van der Waals surface area contributed by atoms with Gasteiger partial charge in [-0.2, -0.15) is 0 Å². The highest BCUT2D eigenvalue weighted by Gasteiger charge is 1.89. The van der Waals surface area contributed by atoms with Gasteiger partial charge in [-0.1, -0.05) is 45.4 Å². The topological polar surface area (TPSA) is 19.9 Å². The van der Waals surface area contributed by atoms with Gasteiger partial charge in [0.25, 0.3) is 0 Å². The minimum Gasteiger partial charge on any atom is -0.236 e. The fraction of sp³-hybridized carbons (Fsp3) is 0.900. The molecule has 0 aliphatic rings. The first-order valence-electron chi connectivity index (χ1n) is 4.81. The summed E-state index contributed by atoms with van der Waals surface area (Å²) in [5.41, 5.74) is 0. The van der Waals surface area contributed by atoms with Crippen molar-refractivity contribution in [1.29, 1.82) is 0 Å². The van der Waals surface area contributed by atoms with Gasteiger partial charge in [-0.25, -0.2) is 5.11 Å². The molecule has 0 atom stereocenters. The van der Waals surface area contributed by atoms with Crippen molar-refractivity contribution in [2.24, 2.45) is 0 Å². The summed E-state index contributed by atoms with van der Waals surface area (Å²) in [5.74, 6) is 0. The normalized spacial score (nSPS) is 10.4. The van der Waals surface area contributed by atoms with Gasteiger partial charge < -0.3 is 0 Å². The third kappa shape index (κ3) is 9.96. The van der Waals surface area contributed by atoms with Gasteiger partial charge in [0.2, 0.25) is 0 Å². The lowest BCUT2D eigenvalue weighted by Gasteiger charge is -1.98. The molecule has 0 fully saturated rings. The van der Waals surface area contributed by atoms with Gasteiger partial charge in [0, 0.05) is 0 Å². The van der Waals surface area contributed by atoms with Crippen LogP contribution in [-0.2, 0) is 5.11 Å². The molecule has 0 rings (SSSR count). The molecule has 2 radical (unpaired) electrons. The quantitative estimate of drug-likeness (QED) is 0.480. The zero-order valence-electron chi connectivity index (χ0n) is 7.64. The molecular formula is C10H20O. The van der Waals surface area contributed by atoms with Gasteiger partial charge in [0.05, 0.1) is 6.61 Å². The van der Waals surface area contributed by atoms with Crippen molar-refractivity contribution in [2.75, 3.05) is 6.61 Å².